The van der Waals surface area contributed by atoms with Crippen molar-refractivity contribution in [3.8, 4) is 22.5 Å². The van der Waals surface area contributed by atoms with Gasteiger partial charge in [0.05, 0.1) is 21.4 Å². The predicted octanol–water partition coefficient (Wildman–Crippen LogP) is 13.1. The molecule has 2 aromatic heterocycles. The van der Waals surface area contributed by atoms with Crippen LogP contribution in [0.1, 0.15) is 163 Å². The van der Waals surface area contributed by atoms with Gasteiger partial charge in [0.15, 0.2) is 0 Å². The molecule has 0 aliphatic heterocycles. The fourth-order valence-electron chi connectivity index (χ4n) is 12.0. The molecular weight excluding hydrogens is 896 g/mol. The minimum Gasteiger partial charge on any atom is -0.460 e. The molecule has 360 valence electrons. The summed E-state index contributed by atoms with van der Waals surface area (Å²) in [5.74, 6) is -0.477. The standard InChI is InChI=1S/C30H36ClNO4.C27H30ClNO3/c1-18-12-21(23-7-6-22(31)17-32-23)13-19(2)27(18)28-24(33)15-30(16-25(28)34)10-8-20(9-11-30)14-26(35)36-29(3,4)5;1-16-10-20(22-5-4-21(28)15-29-22)11-17(2)25(16)26-23(31)13-27(14-24(26)32)8-6-19(7-9-27)12-18(3)30/h6-7,12-13,17,20,28H,8-11,14-16H2,1-5H3;4-5,10-11,15,19,26H,6-9,12-14H2,1-3H3. The summed E-state index contributed by atoms with van der Waals surface area (Å²) < 4.78 is 5.48. The van der Waals surface area contributed by atoms with Crippen LogP contribution in [0.25, 0.3) is 22.5 Å². The Kier molecular flexibility index (Phi) is 15.5. The molecule has 0 saturated heterocycles. The molecule has 2 spiro atoms. The average Bonchev–Trinajstić information content (AvgIpc) is 3.24. The Hall–Kier alpha value is -4.86. The molecule has 8 rings (SSSR count). The van der Waals surface area contributed by atoms with Crippen LogP contribution < -0.4 is 0 Å². The third-order valence-electron chi connectivity index (χ3n) is 15.1. The summed E-state index contributed by atoms with van der Waals surface area (Å²) in [6.45, 7) is 15.1. The maximum absolute atomic E-state index is 13.5. The molecule has 0 N–H and O–H groups in total. The molecule has 11 heteroatoms. The molecular formula is C57H66Cl2N2O7. The largest absolute Gasteiger partial charge is 0.460 e. The molecule has 4 fully saturated rings. The highest BCUT2D eigenvalue weighted by atomic mass is 35.5. The lowest BCUT2D eigenvalue weighted by atomic mass is 9.59. The number of hydrogen-bond acceptors (Lipinski definition) is 9. The van der Waals surface area contributed by atoms with Crippen molar-refractivity contribution < 1.29 is 33.5 Å². The number of carbonyl (C=O) groups is 6. The number of aromatic nitrogens is 2. The van der Waals surface area contributed by atoms with Gasteiger partial charge in [0.1, 0.15) is 46.4 Å². The van der Waals surface area contributed by atoms with Crippen LogP contribution in [-0.4, -0.2) is 50.5 Å². The van der Waals surface area contributed by atoms with E-state index in [0.717, 1.165) is 107 Å². The van der Waals surface area contributed by atoms with Crippen molar-refractivity contribution in [3.63, 3.8) is 0 Å². The number of benzene rings is 2. The number of aryl methyl sites for hydroxylation is 4. The van der Waals surface area contributed by atoms with E-state index < -0.39 is 17.4 Å². The number of ketones is 5. The van der Waals surface area contributed by atoms with Gasteiger partial charge in [-0.3, -0.25) is 33.9 Å². The minimum atomic E-state index is -0.692. The van der Waals surface area contributed by atoms with Crippen molar-refractivity contribution in [1.82, 2.24) is 9.97 Å². The quantitative estimate of drug-likeness (QED) is 0.125. The van der Waals surface area contributed by atoms with Crippen LogP contribution in [0.4, 0.5) is 0 Å². The van der Waals surface area contributed by atoms with Crippen LogP contribution in [0.2, 0.25) is 10.0 Å². The number of Topliss-reactive ketones (excluding diaryl/α,β-unsaturated/α-hetero) is 5. The normalized spacial score (nSPS) is 25.3. The smallest absolute Gasteiger partial charge is 0.306 e. The Balaban J connectivity index is 0.000000203. The first-order valence-corrected chi connectivity index (χ1v) is 25.1. The van der Waals surface area contributed by atoms with Crippen LogP contribution in [0.5, 0.6) is 0 Å². The van der Waals surface area contributed by atoms with E-state index in [1.807, 2.05) is 84.9 Å². The number of esters is 1. The molecule has 0 bridgehead atoms. The summed E-state index contributed by atoms with van der Waals surface area (Å²) in [6, 6.07) is 15.4. The van der Waals surface area contributed by atoms with E-state index in [2.05, 4.69) is 9.97 Å². The zero-order valence-electron chi connectivity index (χ0n) is 41.0. The average molecular weight is 962 g/mol. The molecule has 9 nitrogen and oxygen atoms in total. The lowest BCUT2D eigenvalue weighted by Gasteiger charge is -2.43. The number of halogens is 2. The molecule has 0 radical (unpaired) electrons. The van der Waals surface area contributed by atoms with Gasteiger partial charge in [-0.2, -0.15) is 0 Å². The minimum absolute atomic E-state index is 0.0282. The third-order valence-corrected chi connectivity index (χ3v) is 15.5. The molecule has 68 heavy (non-hydrogen) atoms. The van der Waals surface area contributed by atoms with Crippen molar-refractivity contribution in [2.24, 2.45) is 22.7 Å². The molecule has 0 atom stereocenters. The fraction of sp³-hybridized carbons (Fsp3) is 0.509. The molecule has 4 saturated carbocycles. The second kappa shape index (κ2) is 20.6. The zero-order chi connectivity index (χ0) is 49.3. The van der Waals surface area contributed by atoms with Gasteiger partial charge < -0.3 is 9.53 Å². The summed E-state index contributed by atoms with van der Waals surface area (Å²) >= 11 is 11.9. The number of carbonyl (C=O) groups excluding carboxylic acids is 6. The van der Waals surface area contributed by atoms with Crippen LogP contribution in [0.3, 0.4) is 0 Å². The highest BCUT2D eigenvalue weighted by Gasteiger charge is 2.49. The number of rotatable bonds is 8. The highest BCUT2D eigenvalue weighted by Crippen LogP contribution is 2.52. The Morgan fingerprint density at radius 3 is 1.22 bits per heavy atom. The van der Waals surface area contributed by atoms with Crippen LogP contribution in [0.15, 0.2) is 60.9 Å². The number of hydrogen-bond donors (Lipinski definition) is 0. The maximum atomic E-state index is 13.5. The topological polar surface area (TPSA) is 137 Å². The van der Waals surface area contributed by atoms with Crippen LogP contribution in [-0.2, 0) is 33.5 Å². The van der Waals surface area contributed by atoms with E-state index >= 15 is 0 Å². The number of pyridine rings is 2. The van der Waals surface area contributed by atoms with Crippen LogP contribution >= 0.6 is 23.2 Å². The Bertz CT molecular complexity index is 2510. The Morgan fingerprint density at radius 2 is 0.926 bits per heavy atom. The molecule has 0 unspecified atom stereocenters. The van der Waals surface area contributed by atoms with Gasteiger partial charge in [0, 0.05) is 62.0 Å². The monoisotopic (exact) mass is 960 g/mol. The summed E-state index contributed by atoms with van der Waals surface area (Å²) in [4.78, 5) is 86.1. The lowest BCUT2D eigenvalue weighted by molar-refractivity contribution is -0.157. The summed E-state index contributed by atoms with van der Waals surface area (Å²) in [5, 5.41) is 1.16. The number of nitrogens with zero attached hydrogens (tertiary/aromatic N) is 2. The van der Waals surface area contributed by atoms with Crippen molar-refractivity contribution in [3.05, 3.63) is 104 Å². The van der Waals surface area contributed by atoms with Gasteiger partial charge >= 0.3 is 5.97 Å². The van der Waals surface area contributed by atoms with Gasteiger partial charge in [-0.15, -0.1) is 0 Å². The lowest BCUT2D eigenvalue weighted by Crippen LogP contribution is -2.42. The summed E-state index contributed by atoms with van der Waals surface area (Å²) in [6.07, 6.45) is 13.0. The molecule has 4 aliphatic carbocycles. The summed E-state index contributed by atoms with van der Waals surface area (Å²) in [5.41, 5.74) is 8.05. The highest BCUT2D eigenvalue weighted by molar-refractivity contribution is 6.30. The van der Waals surface area contributed by atoms with Crippen molar-refractivity contribution in [1.29, 1.82) is 0 Å². The van der Waals surface area contributed by atoms with E-state index in [0.29, 0.717) is 54.5 Å². The fourth-order valence-corrected chi connectivity index (χ4v) is 12.2. The van der Waals surface area contributed by atoms with Crippen molar-refractivity contribution in [2.75, 3.05) is 0 Å². The molecule has 4 aromatic rings. The second-order valence-electron chi connectivity index (χ2n) is 21.8. The molecule has 0 amide bonds. The van der Waals surface area contributed by atoms with Gasteiger partial charge in [-0.1, -0.05) is 23.2 Å². The SMILES string of the molecule is CC(=O)CC1CCC2(CC1)CC(=O)C(c1c(C)cc(-c3ccc(Cl)cn3)cc1C)C(=O)C2.Cc1cc(-c2ccc(Cl)cn2)cc(C)c1C1C(=O)CC2(CCC(CC(=O)OC(C)(C)C)CC2)CC1=O. The zero-order valence-corrected chi connectivity index (χ0v) is 42.5. The Morgan fingerprint density at radius 1 is 0.588 bits per heavy atom. The second-order valence-corrected chi connectivity index (χ2v) is 22.7. The summed E-state index contributed by atoms with van der Waals surface area (Å²) in [7, 11) is 0. The maximum Gasteiger partial charge on any atom is 0.306 e. The van der Waals surface area contributed by atoms with Crippen molar-refractivity contribution in [2.45, 2.75) is 163 Å². The van der Waals surface area contributed by atoms with Gasteiger partial charge in [0.25, 0.3) is 0 Å². The first kappa shape index (κ1) is 51.0. The van der Waals surface area contributed by atoms with E-state index in [1.165, 1.54) is 0 Å². The van der Waals surface area contributed by atoms with E-state index in [1.54, 1.807) is 31.5 Å². The van der Waals surface area contributed by atoms with Gasteiger partial charge in [-0.25, -0.2) is 0 Å². The van der Waals surface area contributed by atoms with Gasteiger partial charge in [-0.05, 0) is 211 Å². The van der Waals surface area contributed by atoms with Gasteiger partial charge in [0.2, 0.25) is 0 Å². The molecule has 2 heterocycles. The molecule has 4 aliphatic rings. The predicted molar refractivity (Wildman–Crippen MR) is 267 cm³/mol. The van der Waals surface area contributed by atoms with E-state index in [-0.39, 0.29) is 51.6 Å². The first-order chi connectivity index (χ1) is 32.0. The van der Waals surface area contributed by atoms with E-state index in [9.17, 15) is 28.8 Å². The first-order valence-electron chi connectivity index (χ1n) is 24.3. The Labute approximate surface area is 411 Å². The van der Waals surface area contributed by atoms with Crippen molar-refractivity contribution >= 4 is 58.1 Å². The van der Waals surface area contributed by atoms with Crippen LogP contribution in [0, 0.1) is 50.4 Å². The molecule has 2 aromatic carbocycles. The van der Waals surface area contributed by atoms with E-state index in [4.69, 9.17) is 27.9 Å². The number of ether oxygens (including phenoxy) is 1. The third kappa shape index (κ3) is 11.9.